The second-order valence-electron chi connectivity index (χ2n) is 5.51. The smallest absolute Gasteiger partial charge is 0.227 e. The van der Waals surface area contributed by atoms with E-state index in [1.807, 2.05) is 11.9 Å². The molecule has 0 spiro atoms. The van der Waals surface area contributed by atoms with Crippen LogP contribution in [0, 0.1) is 5.92 Å². The summed E-state index contributed by atoms with van der Waals surface area (Å²) in [7, 11) is 1.91. The van der Waals surface area contributed by atoms with Gasteiger partial charge in [-0.25, -0.2) is 0 Å². The molecule has 0 bridgehead atoms. The van der Waals surface area contributed by atoms with Crippen LogP contribution >= 0.6 is 0 Å². The summed E-state index contributed by atoms with van der Waals surface area (Å²) in [5.41, 5.74) is 0. The minimum Gasteiger partial charge on any atom is -0.343 e. The largest absolute Gasteiger partial charge is 0.343 e. The molecular weight excluding hydrogens is 200 g/mol. The van der Waals surface area contributed by atoms with Crippen LogP contribution < -0.4 is 0 Å². The second-order valence-corrected chi connectivity index (χ2v) is 5.51. The molecule has 1 saturated heterocycles. The summed E-state index contributed by atoms with van der Waals surface area (Å²) in [6, 6.07) is 1.22. The Labute approximate surface area is 99.8 Å². The lowest BCUT2D eigenvalue weighted by molar-refractivity contribution is -0.136. The Bertz CT molecular complexity index is 250. The van der Waals surface area contributed by atoms with Crippen LogP contribution in [0.4, 0.5) is 0 Å². The van der Waals surface area contributed by atoms with Crippen LogP contribution in [0.2, 0.25) is 0 Å². The molecule has 0 saturated carbocycles. The quantitative estimate of drug-likeness (QED) is 0.734. The molecular formula is C13H26N2O. The maximum absolute atomic E-state index is 12.3. The Balaban J connectivity index is 2.66. The lowest BCUT2D eigenvalue weighted by Crippen LogP contribution is -2.43. The summed E-state index contributed by atoms with van der Waals surface area (Å²) in [6.45, 7) is 11.8. The summed E-state index contributed by atoms with van der Waals surface area (Å²) in [5, 5.41) is 0. The van der Waals surface area contributed by atoms with Gasteiger partial charge in [-0.2, -0.15) is 0 Å². The molecule has 0 aliphatic carbocycles. The van der Waals surface area contributed by atoms with Crippen LogP contribution in [0.25, 0.3) is 0 Å². The molecule has 1 aliphatic rings. The molecule has 1 heterocycles. The van der Waals surface area contributed by atoms with E-state index in [4.69, 9.17) is 0 Å². The predicted octanol–water partition coefficient (Wildman–Crippen LogP) is 1.97. The summed E-state index contributed by atoms with van der Waals surface area (Å²) in [6.07, 6.45) is 1.01. The zero-order chi connectivity index (χ0) is 12.5. The van der Waals surface area contributed by atoms with Crippen LogP contribution in [-0.2, 0) is 4.79 Å². The lowest BCUT2D eigenvalue weighted by atomic mass is 9.99. The molecule has 0 N–H and O–H groups in total. The van der Waals surface area contributed by atoms with Crippen molar-refractivity contribution in [1.29, 1.82) is 0 Å². The van der Waals surface area contributed by atoms with Crippen LogP contribution in [0.5, 0.6) is 0 Å². The highest BCUT2D eigenvalue weighted by atomic mass is 16.2. The molecule has 0 aromatic heterocycles. The number of amides is 1. The van der Waals surface area contributed by atoms with Crippen LogP contribution in [0.15, 0.2) is 0 Å². The van der Waals surface area contributed by atoms with Gasteiger partial charge in [0.25, 0.3) is 0 Å². The van der Waals surface area contributed by atoms with Crippen molar-refractivity contribution in [2.24, 2.45) is 5.92 Å². The normalized spacial score (nSPS) is 26.8. The SMILES string of the molecule is CC(C)N(C)C(=O)C1CCN(C(C)C)C1C. The zero-order valence-corrected chi connectivity index (χ0v) is 11.5. The number of likely N-dealkylation sites (tertiary alicyclic amines) is 1. The molecule has 0 radical (unpaired) electrons. The summed E-state index contributed by atoms with van der Waals surface area (Å²) >= 11 is 0. The standard InChI is InChI=1S/C13H26N2O/c1-9(2)14(6)13(16)12-7-8-15(10(3)4)11(12)5/h9-12H,7-8H2,1-6H3. The van der Waals surface area contributed by atoms with E-state index < -0.39 is 0 Å². The maximum atomic E-state index is 12.3. The Morgan fingerprint density at radius 1 is 1.31 bits per heavy atom. The minimum absolute atomic E-state index is 0.190. The second kappa shape index (κ2) is 5.17. The average Bonchev–Trinajstić information content (AvgIpc) is 2.57. The third-order valence-electron chi connectivity index (χ3n) is 3.91. The molecule has 3 heteroatoms. The molecule has 1 aliphatic heterocycles. The van der Waals surface area contributed by atoms with Gasteiger partial charge in [0, 0.05) is 25.2 Å². The van der Waals surface area contributed by atoms with Gasteiger partial charge >= 0.3 is 0 Å². The van der Waals surface area contributed by atoms with Gasteiger partial charge < -0.3 is 4.90 Å². The topological polar surface area (TPSA) is 23.6 Å². The molecule has 94 valence electrons. The fourth-order valence-electron chi connectivity index (χ4n) is 2.54. The van der Waals surface area contributed by atoms with Gasteiger partial charge in [-0.05, 0) is 47.6 Å². The van der Waals surface area contributed by atoms with Gasteiger partial charge in [0.15, 0.2) is 0 Å². The molecule has 2 unspecified atom stereocenters. The molecule has 1 fully saturated rings. The molecule has 0 aromatic carbocycles. The van der Waals surface area contributed by atoms with Crippen molar-refractivity contribution in [3.8, 4) is 0 Å². The van der Waals surface area contributed by atoms with Crippen molar-refractivity contribution in [1.82, 2.24) is 9.80 Å². The first kappa shape index (κ1) is 13.5. The van der Waals surface area contributed by atoms with Crippen molar-refractivity contribution >= 4 is 5.91 Å². The highest BCUT2D eigenvalue weighted by Gasteiger charge is 2.38. The highest BCUT2D eigenvalue weighted by Crippen LogP contribution is 2.27. The van der Waals surface area contributed by atoms with Crippen LogP contribution in [0.3, 0.4) is 0 Å². The third-order valence-corrected chi connectivity index (χ3v) is 3.91. The third kappa shape index (κ3) is 2.57. The minimum atomic E-state index is 0.190. The fourth-order valence-corrected chi connectivity index (χ4v) is 2.54. The molecule has 0 aromatic rings. The maximum Gasteiger partial charge on any atom is 0.227 e. The molecule has 1 rings (SSSR count). The van der Waals surface area contributed by atoms with Crippen molar-refractivity contribution in [3.63, 3.8) is 0 Å². The lowest BCUT2D eigenvalue weighted by Gasteiger charge is -2.30. The average molecular weight is 226 g/mol. The van der Waals surface area contributed by atoms with E-state index in [1.165, 1.54) is 0 Å². The Morgan fingerprint density at radius 3 is 2.25 bits per heavy atom. The van der Waals surface area contributed by atoms with E-state index in [0.29, 0.717) is 24.0 Å². The molecule has 3 nitrogen and oxygen atoms in total. The van der Waals surface area contributed by atoms with Gasteiger partial charge in [0.05, 0.1) is 5.92 Å². The van der Waals surface area contributed by atoms with Crippen LogP contribution in [-0.4, -0.2) is 47.4 Å². The van der Waals surface area contributed by atoms with Crippen molar-refractivity contribution < 1.29 is 4.79 Å². The van der Waals surface area contributed by atoms with Gasteiger partial charge in [-0.1, -0.05) is 0 Å². The number of carbonyl (C=O) groups excluding carboxylic acids is 1. The van der Waals surface area contributed by atoms with E-state index in [9.17, 15) is 4.79 Å². The number of rotatable bonds is 3. The van der Waals surface area contributed by atoms with E-state index in [2.05, 4.69) is 39.5 Å². The van der Waals surface area contributed by atoms with Crippen molar-refractivity contribution in [3.05, 3.63) is 0 Å². The van der Waals surface area contributed by atoms with Gasteiger partial charge in [-0.15, -0.1) is 0 Å². The highest BCUT2D eigenvalue weighted by molar-refractivity contribution is 5.79. The molecule has 1 amide bonds. The van der Waals surface area contributed by atoms with Crippen molar-refractivity contribution in [2.75, 3.05) is 13.6 Å². The molecule has 2 atom stereocenters. The first-order chi connectivity index (χ1) is 7.36. The number of hydrogen-bond acceptors (Lipinski definition) is 2. The number of nitrogens with zero attached hydrogens (tertiary/aromatic N) is 2. The van der Waals surface area contributed by atoms with Crippen LogP contribution in [0.1, 0.15) is 41.0 Å². The Morgan fingerprint density at radius 2 is 1.88 bits per heavy atom. The number of hydrogen-bond donors (Lipinski definition) is 0. The first-order valence-electron chi connectivity index (χ1n) is 6.38. The number of carbonyl (C=O) groups is 1. The van der Waals surface area contributed by atoms with Gasteiger partial charge in [0.2, 0.25) is 5.91 Å². The van der Waals surface area contributed by atoms with Crippen molar-refractivity contribution in [2.45, 2.75) is 59.2 Å². The summed E-state index contributed by atoms with van der Waals surface area (Å²) < 4.78 is 0. The van der Waals surface area contributed by atoms with E-state index in [0.717, 1.165) is 13.0 Å². The van der Waals surface area contributed by atoms with E-state index in [1.54, 1.807) is 0 Å². The Hall–Kier alpha value is -0.570. The predicted molar refractivity (Wildman–Crippen MR) is 67.3 cm³/mol. The zero-order valence-electron chi connectivity index (χ0n) is 11.5. The summed E-state index contributed by atoms with van der Waals surface area (Å²) in [5.74, 6) is 0.500. The summed E-state index contributed by atoms with van der Waals surface area (Å²) in [4.78, 5) is 16.6. The van der Waals surface area contributed by atoms with Gasteiger partial charge in [-0.3, -0.25) is 9.69 Å². The fraction of sp³-hybridized carbons (Fsp3) is 0.923. The Kier molecular flexibility index (Phi) is 4.36. The molecule has 16 heavy (non-hydrogen) atoms. The van der Waals surface area contributed by atoms with Gasteiger partial charge in [0.1, 0.15) is 0 Å². The first-order valence-corrected chi connectivity index (χ1v) is 6.38. The monoisotopic (exact) mass is 226 g/mol. The van der Waals surface area contributed by atoms with E-state index >= 15 is 0 Å². The van der Waals surface area contributed by atoms with E-state index in [-0.39, 0.29) is 5.92 Å².